The zero-order valence-electron chi connectivity index (χ0n) is 9.94. The molecule has 1 N–H and O–H groups in total. The molecule has 1 heterocycles. The molecule has 0 unspecified atom stereocenters. The van der Waals surface area contributed by atoms with Crippen LogP contribution in [0.5, 0.6) is 0 Å². The molecule has 0 amide bonds. The van der Waals surface area contributed by atoms with Crippen molar-refractivity contribution in [3.05, 3.63) is 60.4 Å². The van der Waals surface area contributed by atoms with Crippen LogP contribution in [0.15, 0.2) is 59.1 Å². The first-order valence-electron chi connectivity index (χ1n) is 5.58. The maximum Gasteiger partial charge on any atom is 0.134 e. The van der Waals surface area contributed by atoms with Crippen LogP contribution < -0.4 is 0 Å². The predicted molar refractivity (Wildman–Crippen MR) is 69.7 cm³/mol. The van der Waals surface area contributed by atoms with Crippen molar-refractivity contribution in [1.82, 2.24) is 0 Å². The molecule has 0 saturated heterocycles. The van der Waals surface area contributed by atoms with E-state index >= 15 is 0 Å². The van der Waals surface area contributed by atoms with E-state index in [2.05, 4.69) is 13.2 Å². The first-order valence-corrected chi connectivity index (χ1v) is 5.58. The third-order valence-corrected chi connectivity index (χ3v) is 2.82. The summed E-state index contributed by atoms with van der Waals surface area (Å²) >= 11 is 0. The molecule has 0 aliphatic heterocycles. The molecule has 0 bridgehead atoms. The fraction of sp³-hybridized carbons (Fsp3) is 0.200. The quantitative estimate of drug-likeness (QED) is 0.803. The Hall–Kier alpha value is -1.80. The van der Waals surface area contributed by atoms with Gasteiger partial charge >= 0.3 is 0 Å². The van der Waals surface area contributed by atoms with Crippen LogP contribution in [0.2, 0.25) is 0 Å². The zero-order valence-corrected chi connectivity index (χ0v) is 9.94. The number of hydrogen-bond donors (Lipinski definition) is 1. The Labute approximate surface area is 101 Å². The number of aliphatic hydroxyl groups is 1. The number of fused-ring (bicyclic) bond motifs is 1. The summed E-state index contributed by atoms with van der Waals surface area (Å²) in [5.74, 6) is 0.577. The van der Waals surface area contributed by atoms with Crippen molar-refractivity contribution in [2.75, 3.05) is 0 Å². The maximum atomic E-state index is 10.0. The van der Waals surface area contributed by atoms with E-state index in [0.29, 0.717) is 12.2 Å². The minimum Gasteiger partial charge on any atom is -0.458 e. The van der Waals surface area contributed by atoms with E-state index in [4.69, 9.17) is 4.42 Å². The molecule has 2 aromatic rings. The monoisotopic (exact) mass is 228 g/mol. The average molecular weight is 228 g/mol. The summed E-state index contributed by atoms with van der Waals surface area (Å²) in [5.41, 5.74) is 2.53. The van der Waals surface area contributed by atoms with E-state index in [1.165, 1.54) is 0 Å². The lowest BCUT2D eigenvalue weighted by atomic mass is 10.0. The van der Waals surface area contributed by atoms with Gasteiger partial charge in [0.25, 0.3) is 0 Å². The Kier molecular flexibility index (Phi) is 3.16. The van der Waals surface area contributed by atoms with Crippen molar-refractivity contribution in [2.45, 2.75) is 19.4 Å². The molecule has 1 atom stereocenters. The minimum absolute atomic E-state index is 0.454. The number of furan rings is 1. The molecule has 0 aliphatic rings. The second-order valence-electron chi connectivity index (χ2n) is 4.29. The van der Waals surface area contributed by atoms with Gasteiger partial charge in [-0.3, -0.25) is 0 Å². The normalized spacial score (nSPS) is 12.6. The van der Waals surface area contributed by atoms with Gasteiger partial charge in [0.15, 0.2) is 0 Å². The summed E-state index contributed by atoms with van der Waals surface area (Å²) in [6, 6.07) is 9.57. The number of aliphatic hydroxyl groups excluding tert-OH is 1. The van der Waals surface area contributed by atoms with E-state index < -0.39 is 6.10 Å². The van der Waals surface area contributed by atoms with Gasteiger partial charge in [0.1, 0.15) is 17.4 Å². The molecule has 0 spiro atoms. The highest BCUT2D eigenvalue weighted by atomic mass is 16.4. The highest BCUT2D eigenvalue weighted by molar-refractivity contribution is 5.77. The van der Waals surface area contributed by atoms with Crippen LogP contribution in [0.25, 0.3) is 11.0 Å². The van der Waals surface area contributed by atoms with Crippen LogP contribution in [0.4, 0.5) is 0 Å². The summed E-state index contributed by atoms with van der Waals surface area (Å²) in [4.78, 5) is 0. The number of rotatable bonds is 4. The van der Waals surface area contributed by atoms with Crippen LogP contribution in [-0.2, 0) is 0 Å². The molecule has 2 rings (SSSR count). The Bertz CT molecular complexity index is 530. The summed E-state index contributed by atoms with van der Waals surface area (Å²) in [6.45, 7) is 9.56. The summed E-state index contributed by atoms with van der Waals surface area (Å²) in [7, 11) is 0. The van der Waals surface area contributed by atoms with Crippen LogP contribution in [0.1, 0.15) is 25.2 Å². The summed E-state index contributed by atoms with van der Waals surface area (Å²) in [5, 5.41) is 11.0. The molecule has 0 saturated carbocycles. The highest BCUT2D eigenvalue weighted by Gasteiger charge is 2.14. The van der Waals surface area contributed by atoms with Gasteiger partial charge in [-0.05, 0) is 24.6 Å². The van der Waals surface area contributed by atoms with E-state index in [1.807, 2.05) is 37.3 Å². The van der Waals surface area contributed by atoms with Gasteiger partial charge in [0, 0.05) is 11.8 Å². The lowest BCUT2D eigenvalue weighted by Crippen LogP contribution is -1.97. The third-order valence-electron chi connectivity index (χ3n) is 2.82. The number of benzene rings is 1. The second-order valence-corrected chi connectivity index (χ2v) is 4.29. The number of hydrogen-bond acceptors (Lipinski definition) is 2. The third kappa shape index (κ3) is 2.48. The van der Waals surface area contributed by atoms with Gasteiger partial charge in [-0.2, -0.15) is 0 Å². The van der Waals surface area contributed by atoms with Gasteiger partial charge in [0.05, 0.1) is 0 Å². The molecule has 88 valence electrons. The van der Waals surface area contributed by atoms with Gasteiger partial charge in [-0.15, -0.1) is 0 Å². The summed E-state index contributed by atoms with van der Waals surface area (Å²) < 4.78 is 5.59. The number of allylic oxidation sites excluding steroid dienone is 1. The Morgan fingerprint density at radius 2 is 2.06 bits per heavy atom. The smallest absolute Gasteiger partial charge is 0.134 e. The van der Waals surface area contributed by atoms with Crippen molar-refractivity contribution in [3.8, 4) is 0 Å². The standard InChI is InChI=1S/C15H16O2/c1-10(2)11(3)8-13(16)15-9-12-6-4-5-7-14(12)17-15/h4-7,9,13,16H,1,3,8H2,2H3/t13-/m0/s1. The van der Waals surface area contributed by atoms with E-state index in [-0.39, 0.29) is 0 Å². The predicted octanol–water partition coefficient (Wildman–Crippen LogP) is 3.99. The highest BCUT2D eigenvalue weighted by Crippen LogP contribution is 2.28. The van der Waals surface area contributed by atoms with Gasteiger partial charge < -0.3 is 9.52 Å². The van der Waals surface area contributed by atoms with Crippen molar-refractivity contribution in [3.63, 3.8) is 0 Å². The van der Waals surface area contributed by atoms with Crippen molar-refractivity contribution in [2.24, 2.45) is 0 Å². The molecule has 2 nitrogen and oxygen atoms in total. The topological polar surface area (TPSA) is 33.4 Å². The summed E-state index contributed by atoms with van der Waals surface area (Å²) in [6.07, 6.45) is -0.207. The average Bonchev–Trinajstić information content (AvgIpc) is 2.72. The largest absolute Gasteiger partial charge is 0.458 e. The fourth-order valence-corrected chi connectivity index (χ4v) is 1.67. The van der Waals surface area contributed by atoms with Crippen LogP contribution in [0, 0.1) is 0 Å². The van der Waals surface area contributed by atoms with Crippen molar-refractivity contribution < 1.29 is 9.52 Å². The van der Waals surface area contributed by atoms with Crippen LogP contribution in [0.3, 0.4) is 0 Å². The van der Waals surface area contributed by atoms with E-state index in [9.17, 15) is 5.11 Å². The SMILES string of the molecule is C=C(C)C(=C)C[C@H](O)c1cc2ccccc2o1. The van der Waals surface area contributed by atoms with Gasteiger partial charge in [0.2, 0.25) is 0 Å². The zero-order chi connectivity index (χ0) is 12.4. The van der Waals surface area contributed by atoms with E-state index in [0.717, 1.165) is 22.1 Å². The molecule has 0 radical (unpaired) electrons. The molecule has 17 heavy (non-hydrogen) atoms. The van der Waals surface area contributed by atoms with E-state index in [1.54, 1.807) is 0 Å². The van der Waals surface area contributed by atoms with Crippen LogP contribution in [-0.4, -0.2) is 5.11 Å². The van der Waals surface area contributed by atoms with Gasteiger partial charge in [-0.25, -0.2) is 0 Å². The van der Waals surface area contributed by atoms with Crippen molar-refractivity contribution in [1.29, 1.82) is 0 Å². The second kappa shape index (κ2) is 4.60. The Morgan fingerprint density at radius 1 is 1.35 bits per heavy atom. The van der Waals surface area contributed by atoms with Crippen LogP contribution >= 0.6 is 0 Å². The first kappa shape index (κ1) is 11.7. The molecule has 2 heteroatoms. The Morgan fingerprint density at radius 3 is 2.71 bits per heavy atom. The molecular formula is C15H16O2. The molecule has 1 aromatic heterocycles. The minimum atomic E-state index is -0.661. The molecule has 0 fully saturated rings. The first-order chi connectivity index (χ1) is 8.08. The lowest BCUT2D eigenvalue weighted by molar-refractivity contribution is 0.153. The lowest BCUT2D eigenvalue weighted by Gasteiger charge is -2.09. The number of para-hydroxylation sites is 1. The maximum absolute atomic E-state index is 10.0. The fourth-order valence-electron chi connectivity index (χ4n) is 1.67. The van der Waals surface area contributed by atoms with Gasteiger partial charge in [-0.1, -0.05) is 36.9 Å². The van der Waals surface area contributed by atoms with Crippen molar-refractivity contribution >= 4 is 11.0 Å². The molecular weight excluding hydrogens is 212 g/mol. The molecule has 0 aliphatic carbocycles. The molecule has 1 aromatic carbocycles. The Balaban J connectivity index is 2.22.